The lowest BCUT2D eigenvalue weighted by atomic mass is 10.0. The van der Waals surface area contributed by atoms with E-state index in [4.69, 9.17) is 5.10 Å². The number of hydrogen-bond donors (Lipinski definition) is 1. The molecule has 2 aromatic heterocycles. The first-order chi connectivity index (χ1) is 18.4. The highest BCUT2D eigenvalue weighted by Crippen LogP contribution is 2.38. The first kappa shape index (κ1) is 23.6. The van der Waals surface area contributed by atoms with Gasteiger partial charge in [0.15, 0.2) is 0 Å². The van der Waals surface area contributed by atoms with Crippen molar-refractivity contribution >= 4 is 11.7 Å². The molecular weight excluding hydrogens is 491 g/mol. The number of nitrogens with one attached hydrogen (secondary N) is 1. The van der Waals surface area contributed by atoms with Gasteiger partial charge in [0.25, 0.3) is 0 Å². The lowest BCUT2D eigenvalue weighted by molar-refractivity contribution is 0.194. The van der Waals surface area contributed by atoms with Crippen LogP contribution >= 0.6 is 0 Å². The number of carbonyl (C=O) groups excluding carboxylic acids is 1. The number of nitrogens with zero attached hydrogens (tertiary/aromatic N) is 4. The van der Waals surface area contributed by atoms with Crippen LogP contribution in [0.3, 0.4) is 0 Å². The summed E-state index contributed by atoms with van der Waals surface area (Å²) >= 11 is 0. The molecule has 1 aliphatic rings. The molecule has 0 fully saturated rings. The number of benzene rings is 3. The van der Waals surface area contributed by atoms with E-state index >= 15 is 0 Å². The van der Waals surface area contributed by atoms with Gasteiger partial charge in [0.05, 0.1) is 35.3 Å². The van der Waals surface area contributed by atoms with Crippen LogP contribution in [0.25, 0.3) is 11.5 Å². The monoisotopic (exact) mass is 513 g/mol. The zero-order valence-electron chi connectivity index (χ0n) is 20.3. The summed E-state index contributed by atoms with van der Waals surface area (Å²) in [6.07, 6.45) is 1.89. The maximum absolute atomic E-state index is 14.5. The smallest absolute Gasteiger partial charge is 0.307 e. The van der Waals surface area contributed by atoms with Crippen LogP contribution in [0, 0.1) is 24.4 Å². The van der Waals surface area contributed by atoms with Gasteiger partial charge >= 0.3 is 6.03 Å². The number of aromatic nitrogens is 3. The van der Waals surface area contributed by atoms with E-state index in [1.54, 1.807) is 12.1 Å². The summed E-state index contributed by atoms with van der Waals surface area (Å²) in [6, 6.07) is 20.8. The summed E-state index contributed by atoms with van der Waals surface area (Å²) in [5.74, 6) is -1.09. The molecule has 0 spiro atoms. The molecule has 38 heavy (non-hydrogen) atoms. The fourth-order valence-corrected chi connectivity index (χ4v) is 4.93. The van der Waals surface area contributed by atoms with E-state index in [2.05, 4.69) is 5.32 Å². The maximum Gasteiger partial charge on any atom is 0.323 e. The number of anilines is 1. The summed E-state index contributed by atoms with van der Waals surface area (Å²) < 4.78 is 46.0. The molecule has 0 aliphatic carbocycles. The highest BCUT2D eigenvalue weighted by atomic mass is 19.1. The van der Waals surface area contributed by atoms with E-state index in [-0.39, 0.29) is 12.2 Å². The Morgan fingerprint density at radius 3 is 2.42 bits per heavy atom. The summed E-state index contributed by atoms with van der Waals surface area (Å²) in [5.41, 5.74) is 3.44. The molecule has 6 nitrogen and oxygen atoms in total. The number of hydrogen-bond acceptors (Lipinski definition) is 2. The Labute approximate surface area is 216 Å². The third kappa shape index (κ3) is 4.02. The molecule has 2 amide bonds. The third-order valence-electron chi connectivity index (χ3n) is 6.70. The minimum absolute atomic E-state index is 0.112. The first-order valence-corrected chi connectivity index (χ1v) is 12.0. The van der Waals surface area contributed by atoms with E-state index < -0.39 is 29.5 Å². The van der Waals surface area contributed by atoms with Crippen molar-refractivity contribution in [2.24, 2.45) is 0 Å². The second-order valence-corrected chi connectivity index (χ2v) is 9.07. The number of aryl methyl sites for hydroxylation is 1. The van der Waals surface area contributed by atoms with Crippen molar-refractivity contribution in [3.8, 4) is 11.5 Å². The topological polar surface area (TPSA) is 55.1 Å². The van der Waals surface area contributed by atoms with Crippen LogP contribution in [-0.4, -0.2) is 25.3 Å². The summed E-state index contributed by atoms with van der Waals surface area (Å²) in [5, 5.41) is 7.31. The van der Waals surface area contributed by atoms with E-state index in [0.29, 0.717) is 11.3 Å². The average Bonchev–Trinajstić information content (AvgIpc) is 3.48. The van der Waals surface area contributed by atoms with E-state index in [0.717, 1.165) is 41.0 Å². The van der Waals surface area contributed by atoms with Crippen molar-refractivity contribution in [2.75, 3.05) is 5.32 Å². The minimum Gasteiger partial charge on any atom is -0.307 e. The Kier molecular flexibility index (Phi) is 5.75. The van der Waals surface area contributed by atoms with Crippen molar-refractivity contribution in [3.05, 3.63) is 131 Å². The second-order valence-electron chi connectivity index (χ2n) is 9.07. The van der Waals surface area contributed by atoms with Crippen LogP contribution < -0.4 is 5.32 Å². The molecule has 1 N–H and O–H groups in total. The van der Waals surface area contributed by atoms with Gasteiger partial charge in [-0.2, -0.15) is 5.10 Å². The highest BCUT2D eigenvalue weighted by Gasteiger charge is 2.36. The standard InChI is InChI=1S/C29H22F3N5O/c1-18-23-17-36(29(38)33-25-16-21(31)13-14-24(25)32)27(19-9-11-20(30)12-10-19)26-8-5-15-35(26)28(23)37(34-18)22-6-3-2-4-7-22/h2-16,27H,17H2,1H3,(H,33,38)/t27-/m0/s1. The SMILES string of the molecule is Cc1nn(-c2ccccc2)c2c1CN(C(=O)Nc1cc(F)ccc1F)[C@@H](c1ccc(F)cc1)c1cccn1-2. The molecule has 190 valence electrons. The Balaban J connectivity index is 1.54. The number of amides is 2. The van der Waals surface area contributed by atoms with Crippen molar-refractivity contribution in [1.29, 1.82) is 0 Å². The highest BCUT2D eigenvalue weighted by molar-refractivity contribution is 5.90. The van der Waals surface area contributed by atoms with Crippen LogP contribution in [-0.2, 0) is 6.54 Å². The number of carbonyl (C=O) groups is 1. The molecule has 9 heteroatoms. The van der Waals surface area contributed by atoms with Gasteiger partial charge in [0.1, 0.15) is 23.3 Å². The molecule has 0 unspecified atom stereocenters. The van der Waals surface area contributed by atoms with Gasteiger partial charge in [0, 0.05) is 17.8 Å². The molecule has 0 saturated carbocycles. The summed E-state index contributed by atoms with van der Waals surface area (Å²) in [6.45, 7) is 1.97. The first-order valence-electron chi connectivity index (χ1n) is 12.0. The van der Waals surface area contributed by atoms with Crippen molar-refractivity contribution in [3.63, 3.8) is 0 Å². The number of para-hydroxylation sites is 1. The fraction of sp³-hybridized carbons (Fsp3) is 0.103. The Hall–Kier alpha value is -4.79. The normalized spacial score (nSPS) is 14.5. The molecule has 0 saturated heterocycles. The predicted octanol–water partition coefficient (Wildman–Crippen LogP) is 6.53. The van der Waals surface area contributed by atoms with Crippen molar-refractivity contribution in [2.45, 2.75) is 19.5 Å². The molecular formula is C29H22F3N5O. The lowest BCUT2D eigenvalue weighted by Crippen LogP contribution is -2.38. The van der Waals surface area contributed by atoms with E-state index in [9.17, 15) is 18.0 Å². The lowest BCUT2D eigenvalue weighted by Gasteiger charge is -2.31. The molecule has 3 aromatic carbocycles. The van der Waals surface area contributed by atoms with Gasteiger partial charge < -0.3 is 14.8 Å². The Morgan fingerprint density at radius 1 is 0.921 bits per heavy atom. The van der Waals surface area contributed by atoms with Gasteiger partial charge in [-0.3, -0.25) is 0 Å². The molecule has 3 heterocycles. The molecule has 1 atom stereocenters. The van der Waals surface area contributed by atoms with Crippen LogP contribution in [0.1, 0.15) is 28.6 Å². The number of fused-ring (bicyclic) bond motifs is 3. The van der Waals surface area contributed by atoms with Crippen molar-refractivity contribution < 1.29 is 18.0 Å². The number of urea groups is 1. The van der Waals surface area contributed by atoms with Crippen LogP contribution in [0.15, 0.2) is 91.1 Å². The second kappa shape index (κ2) is 9.26. The van der Waals surface area contributed by atoms with Crippen LogP contribution in [0.2, 0.25) is 0 Å². The zero-order valence-corrected chi connectivity index (χ0v) is 20.3. The zero-order chi connectivity index (χ0) is 26.4. The van der Waals surface area contributed by atoms with Gasteiger partial charge in [-0.15, -0.1) is 0 Å². The molecule has 0 bridgehead atoms. The molecule has 1 aliphatic heterocycles. The molecule has 6 rings (SSSR count). The minimum atomic E-state index is -0.759. The van der Waals surface area contributed by atoms with Gasteiger partial charge in [-0.25, -0.2) is 22.6 Å². The molecule has 5 aromatic rings. The largest absolute Gasteiger partial charge is 0.323 e. The van der Waals surface area contributed by atoms with Gasteiger partial charge in [-0.1, -0.05) is 30.3 Å². The Bertz CT molecular complexity index is 1640. The quantitative estimate of drug-likeness (QED) is 0.298. The van der Waals surface area contributed by atoms with Gasteiger partial charge in [0.2, 0.25) is 0 Å². The third-order valence-corrected chi connectivity index (χ3v) is 6.70. The average molecular weight is 514 g/mol. The molecule has 0 radical (unpaired) electrons. The number of halogens is 3. The van der Waals surface area contributed by atoms with E-state index in [1.807, 2.05) is 64.8 Å². The van der Waals surface area contributed by atoms with Crippen molar-refractivity contribution in [1.82, 2.24) is 19.2 Å². The number of rotatable bonds is 3. The fourth-order valence-electron chi connectivity index (χ4n) is 4.93. The maximum atomic E-state index is 14.5. The summed E-state index contributed by atoms with van der Waals surface area (Å²) in [4.78, 5) is 15.3. The van der Waals surface area contributed by atoms with Crippen LogP contribution in [0.4, 0.5) is 23.7 Å². The predicted molar refractivity (Wildman–Crippen MR) is 137 cm³/mol. The van der Waals surface area contributed by atoms with Gasteiger partial charge in [-0.05, 0) is 61.0 Å². The van der Waals surface area contributed by atoms with E-state index in [1.165, 1.54) is 17.0 Å². The Morgan fingerprint density at radius 2 is 1.66 bits per heavy atom. The van der Waals surface area contributed by atoms with Crippen LogP contribution in [0.5, 0.6) is 0 Å². The summed E-state index contributed by atoms with van der Waals surface area (Å²) in [7, 11) is 0.